The first kappa shape index (κ1) is 24.8. The average Bonchev–Trinajstić information content (AvgIpc) is 3.64. The molecule has 0 bridgehead atoms. The van der Waals surface area contributed by atoms with Crippen molar-refractivity contribution < 1.29 is 9.53 Å². The second-order valence-corrected chi connectivity index (χ2v) is 8.82. The summed E-state index contributed by atoms with van der Waals surface area (Å²) in [6.45, 7) is 5.48. The summed E-state index contributed by atoms with van der Waals surface area (Å²) in [5.74, 6) is 0.763. The molecule has 11 nitrogen and oxygen atoms in total. The predicted molar refractivity (Wildman–Crippen MR) is 145 cm³/mol. The SMILES string of the molecule is CCN(CC)C(=O)Oc1c(-c2ccc(Cn3cccn3)cc2)nn(C)c1-c1nc2cc(C(=N)N)ccc2[nH]1. The van der Waals surface area contributed by atoms with Crippen LogP contribution in [0, 0.1) is 5.41 Å². The van der Waals surface area contributed by atoms with Crippen LogP contribution in [0.25, 0.3) is 33.8 Å². The molecule has 2 aromatic carbocycles. The molecule has 3 heterocycles. The topological polar surface area (TPSA) is 144 Å². The van der Waals surface area contributed by atoms with Crippen molar-refractivity contribution in [2.75, 3.05) is 13.1 Å². The van der Waals surface area contributed by atoms with E-state index in [0.717, 1.165) is 16.6 Å². The predicted octanol–water partition coefficient (Wildman–Crippen LogP) is 4.00. The number of fused-ring (bicyclic) bond motifs is 1. The minimum Gasteiger partial charge on any atom is -0.405 e. The highest BCUT2D eigenvalue weighted by Gasteiger charge is 2.27. The zero-order chi connectivity index (χ0) is 26.8. The number of rotatable bonds is 8. The first-order chi connectivity index (χ1) is 18.4. The van der Waals surface area contributed by atoms with E-state index >= 15 is 0 Å². The van der Waals surface area contributed by atoms with Crippen LogP contribution in [0.3, 0.4) is 0 Å². The van der Waals surface area contributed by atoms with E-state index in [1.54, 1.807) is 35.0 Å². The molecule has 0 aliphatic carbocycles. The Labute approximate surface area is 219 Å². The van der Waals surface area contributed by atoms with Crippen LogP contribution >= 0.6 is 0 Å². The van der Waals surface area contributed by atoms with Crippen molar-refractivity contribution in [1.82, 2.24) is 34.4 Å². The Morgan fingerprint density at radius 1 is 1.16 bits per heavy atom. The summed E-state index contributed by atoms with van der Waals surface area (Å²) in [5.41, 5.74) is 10.6. The number of aryl methyl sites for hydroxylation is 1. The van der Waals surface area contributed by atoms with E-state index in [2.05, 4.69) is 10.1 Å². The standard InChI is InChI=1S/C27H29N9O2/c1-4-35(5-2)27(37)38-24-22(18-9-7-17(8-10-18)16-36-14-6-13-30-36)33-34(3)23(24)26-31-20-12-11-19(25(28)29)15-21(20)32-26/h6-15H,4-5,16H2,1-3H3,(H3,28,29)(H,31,32). The summed E-state index contributed by atoms with van der Waals surface area (Å²) in [4.78, 5) is 22.7. The smallest absolute Gasteiger partial charge is 0.405 e. The van der Waals surface area contributed by atoms with Gasteiger partial charge in [0.2, 0.25) is 0 Å². The van der Waals surface area contributed by atoms with Crippen molar-refractivity contribution in [1.29, 1.82) is 5.41 Å². The molecule has 5 aromatic rings. The Bertz CT molecular complexity index is 1590. The van der Waals surface area contributed by atoms with Gasteiger partial charge in [-0.05, 0) is 43.7 Å². The minimum atomic E-state index is -0.462. The van der Waals surface area contributed by atoms with Crippen LogP contribution in [-0.2, 0) is 13.6 Å². The number of imidazole rings is 1. The van der Waals surface area contributed by atoms with E-state index in [-0.39, 0.29) is 5.84 Å². The first-order valence-electron chi connectivity index (χ1n) is 12.3. The van der Waals surface area contributed by atoms with Gasteiger partial charge in [0.05, 0.1) is 17.6 Å². The van der Waals surface area contributed by atoms with Gasteiger partial charge in [-0.15, -0.1) is 0 Å². The molecule has 0 radical (unpaired) electrons. The number of nitrogen functional groups attached to an aromatic ring is 1. The van der Waals surface area contributed by atoms with Gasteiger partial charge in [-0.2, -0.15) is 10.2 Å². The monoisotopic (exact) mass is 511 g/mol. The highest BCUT2D eigenvalue weighted by Crippen LogP contribution is 2.38. The number of nitrogens with one attached hydrogen (secondary N) is 2. The largest absolute Gasteiger partial charge is 0.415 e. The van der Waals surface area contributed by atoms with Gasteiger partial charge in [0.1, 0.15) is 17.2 Å². The van der Waals surface area contributed by atoms with E-state index in [1.807, 2.05) is 61.1 Å². The van der Waals surface area contributed by atoms with Crippen molar-refractivity contribution in [3.05, 3.63) is 72.1 Å². The third-order valence-corrected chi connectivity index (χ3v) is 6.36. The minimum absolute atomic E-state index is 0.0379. The van der Waals surface area contributed by atoms with Gasteiger partial charge in [0, 0.05) is 43.7 Å². The van der Waals surface area contributed by atoms with E-state index in [0.29, 0.717) is 53.7 Å². The summed E-state index contributed by atoms with van der Waals surface area (Å²) in [6.07, 6.45) is 3.20. The van der Waals surface area contributed by atoms with Crippen molar-refractivity contribution in [2.45, 2.75) is 20.4 Å². The number of aromatic amines is 1. The maximum Gasteiger partial charge on any atom is 0.415 e. The Balaban J connectivity index is 1.58. The number of nitrogens with zero attached hydrogens (tertiary/aromatic N) is 6. The fourth-order valence-electron chi connectivity index (χ4n) is 4.32. The zero-order valence-corrected chi connectivity index (χ0v) is 21.5. The Kier molecular flexibility index (Phi) is 6.65. The lowest BCUT2D eigenvalue weighted by atomic mass is 10.1. The number of carbonyl (C=O) groups excluding carboxylic acids is 1. The number of carbonyl (C=O) groups is 1. The third kappa shape index (κ3) is 4.73. The van der Waals surface area contributed by atoms with Gasteiger partial charge in [-0.1, -0.05) is 24.3 Å². The molecule has 0 spiro atoms. The van der Waals surface area contributed by atoms with Crippen molar-refractivity contribution in [3.63, 3.8) is 0 Å². The fraction of sp³-hybridized carbons (Fsp3) is 0.222. The number of amides is 1. The number of hydrogen-bond acceptors (Lipinski definition) is 6. The van der Waals surface area contributed by atoms with Gasteiger partial charge in [-0.25, -0.2) is 9.78 Å². The van der Waals surface area contributed by atoms with E-state index in [1.165, 1.54) is 0 Å². The molecular weight excluding hydrogens is 482 g/mol. The quantitative estimate of drug-likeness (QED) is 0.212. The molecule has 38 heavy (non-hydrogen) atoms. The molecule has 4 N–H and O–H groups in total. The van der Waals surface area contributed by atoms with Gasteiger partial charge in [-0.3, -0.25) is 14.8 Å². The van der Waals surface area contributed by atoms with E-state index in [4.69, 9.17) is 26.0 Å². The second kappa shape index (κ2) is 10.2. The molecule has 1 amide bonds. The van der Waals surface area contributed by atoms with Crippen LogP contribution in [0.5, 0.6) is 5.75 Å². The molecule has 0 atom stereocenters. The normalized spacial score (nSPS) is 11.1. The van der Waals surface area contributed by atoms with Crippen LogP contribution in [0.2, 0.25) is 0 Å². The number of aromatic nitrogens is 6. The van der Waals surface area contributed by atoms with Crippen LogP contribution in [0.4, 0.5) is 4.79 Å². The zero-order valence-electron chi connectivity index (χ0n) is 21.5. The molecule has 0 aliphatic heterocycles. The third-order valence-electron chi connectivity index (χ3n) is 6.36. The Hall–Kier alpha value is -4.93. The maximum absolute atomic E-state index is 13.1. The molecule has 0 aliphatic rings. The lowest BCUT2D eigenvalue weighted by molar-refractivity contribution is 0.157. The molecule has 0 saturated heterocycles. The van der Waals surface area contributed by atoms with Crippen molar-refractivity contribution in [3.8, 4) is 28.5 Å². The van der Waals surface area contributed by atoms with Crippen LogP contribution in [-0.4, -0.2) is 59.4 Å². The van der Waals surface area contributed by atoms with E-state index in [9.17, 15) is 4.79 Å². The maximum atomic E-state index is 13.1. The van der Waals surface area contributed by atoms with Gasteiger partial charge < -0.3 is 20.4 Å². The average molecular weight is 512 g/mol. The lowest BCUT2D eigenvalue weighted by Crippen LogP contribution is -2.33. The summed E-state index contributed by atoms with van der Waals surface area (Å²) in [6, 6.07) is 15.1. The van der Waals surface area contributed by atoms with Crippen LogP contribution < -0.4 is 10.5 Å². The van der Waals surface area contributed by atoms with Crippen LogP contribution in [0.15, 0.2) is 60.9 Å². The molecule has 0 unspecified atom stereocenters. The number of hydrogen-bond donors (Lipinski definition) is 3. The second-order valence-electron chi connectivity index (χ2n) is 8.82. The Morgan fingerprint density at radius 2 is 1.92 bits per heavy atom. The summed E-state index contributed by atoms with van der Waals surface area (Å²) >= 11 is 0. The summed E-state index contributed by atoms with van der Waals surface area (Å²) in [5, 5.41) is 16.7. The van der Waals surface area contributed by atoms with Gasteiger partial charge in [0.25, 0.3) is 0 Å². The van der Waals surface area contributed by atoms with Crippen molar-refractivity contribution >= 4 is 23.0 Å². The summed E-state index contributed by atoms with van der Waals surface area (Å²) < 4.78 is 9.50. The first-order valence-corrected chi connectivity index (χ1v) is 12.3. The highest BCUT2D eigenvalue weighted by molar-refractivity contribution is 5.98. The summed E-state index contributed by atoms with van der Waals surface area (Å²) in [7, 11) is 1.79. The number of H-pyrrole nitrogens is 1. The molecule has 3 aromatic heterocycles. The molecular formula is C27H29N9O2. The molecule has 5 rings (SSSR count). The number of amidine groups is 1. The molecule has 194 valence electrons. The van der Waals surface area contributed by atoms with E-state index < -0.39 is 6.09 Å². The number of benzene rings is 2. The highest BCUT2D eigenvalue weighted by atomic mass is 16.6. The fourth-order valence-corrected chi connectivity index (χ4v) is 4.32. The van der Waals surface area contributed by atoms with Gasteiger partial charge in [0.15, 0.2) is 11.6 Å². The number of nitrogens with two attached hydrogens (primary N) is 1. The molecule has 11 heteroatoms. The van der Waals surface area contributed by atoms with Gasteiger partial charge >= 0.3 is 6.09 Å². The van der Waals surface area contributed by atoms with Crippen LogP contribution in [0.1, 0.15) is 25.0 Å². The Morgan fingerprint density at radius 3 is 2.58 bits per heavy atom. The molecule has 0 saturated carbocycles. The molecule has 0 fully saturated rings. The number of ether oxygens (including phenoxy) is 1. The lowest BCUT2D eigenvalue weighted by Gasteiger charge is -2.18. The van der Waals surface area contributed by atoms with Crippen molar-refractivity contribution in [2.24, 2.45) is 12.8 Å².